The molecule has 0 amide bonds. The summed E-state index contributed by atoms with van der Waals surface area (Å²) in [4.78, 5) is 0. The highest BCUT2D eigenvalue weighted by molar-refractivity contribution is 5.83. The van der Waals surface area contributed by atoms with Gasteiger partial charge < -0.3 is 10.1 Å². The largest absolute Gasteiger partial charge is 0.492 e. The van der Waals surface area contributed by atoms with E-state index in [2.05, 4.69) is 47.8 Å². The van der Waals surface area contributed by atoms with Gasteiger partial charge >= 0.3 is 0 Å². The van der Waals surface area contributed by atoms with E-state index in [0.29, 0.717) is 0 Å². The van der Waals surface area contributed by atoms with Crippen LogP contribution in [-0.2, 0) is 0 Å². The summed E-state index contributed by atoms with van der Waals surface area (Å²) in [6.45, 7) is 2.83. The average Bonchev–Trinajstić information content (AvgIpc) is 2.55. The van der Waals surface area contributed by atoms with Crippen molar-refractivity contribution in [3.63, 3.8) is 0 Å². The minimum Gasteiger partial charge on any atom is -0.492 e. The Morgan fingerprint density at radius 2 is 1.76 bits per heavy atom. The van der Waals surface area contributed by atoms with Gasteiger partial charge in [-0.2, -0.15) is 0 Å². The molecule has 0 aliphatic heterocycles. The second kappa shape index (κ2) is 7.46. The summed E-state index contributed by atoms with van der Waals surface area (Å²) in [6, 6.07) is 14.7. The monoisotopic (exact) mass is 283 g/mol. The van der Waals surface area contributed by atoms with Crippen molar-refractivity contribution in [3.05, 3.63) is 42.5 Å². The fourth-order valence-corrected chi connectivity index (χ4v) is 3.20. The number of benzene rings is 2. The normalized spacial score (nSPS) is 16.2. The van der Waals surface area contributed by atoms with E-state index in [1.54, 1.807) is 0 Å². The van der Waals surface area contributed by atoms with Crippen LogP contribution in [0.25, 0.3) is 10.8 Å². The molecule has 2 aromatic carbocycles. The van der Waals surface area contributed by atoms with Gasteiger partial charge in [-0.05, 0) is 48.2 Å². The Kier molecular flexibility index (Phi) is 5.12. The number of nitrogens with one attached hydrogen (secondary N) is 1. The Morgan fingerprint density at radius 3 is 2.62 bits per heavy atom. The topological polar surface area (TPSA) is 21.3 Å². The standard InChI is InChI=1S/C19H25NO/c1-2-6-16(7-3-1)15-20-12-13-21-19-11-10-17-8-4-5-9-18(17)14-19/h4-5,8-11,14,16,20H,1-3,6-7,12-13,15H2. The molecule has 0 heterocycles. The van der Waals surface area contributed by atoms with E-state index < -0.39 is 0 Å². The van der Waals surface area contributed by atoms with Crippen LogP contribution in [0.3, 0.4) is 0 Å². The third-order valence-corrected chi connectivity index (χ3v) is 4.43. The molecule has 0 aromatic heterocycles. The number of rotatable bonds is 6. The molecule has 1 aliphatic carbocycles. The van der Waals surface area contributed by atoms with Crippen LogP contribution in [0, 0.1) is 5.92 Å². The highest BCUT2D eigenvalue weighted by Crippen LogP contribution is 2.23. The van der Waals surface area contributed by atoms with Crippen molar-refractivity contribution in [1.82, 2.24) is 5.32 Å². The van der Waals surface area contributed by atoms with Crippen molar-refractivity contribution in [2.75, 3.05) is 19.7 Å². The van der Waals surface area contributed by atoms with E-state index in [-0.39, 0.29) is 0 Å². The third-order valence-electron chi connectivity index (χ3n) is 4.43. The molecule has 0 bridgehead atoms. The summed E-state index contributed by atoms with van der Waals surface area (Å²) < 4.78 is 5.84. The predicted molar refractivity (Wildman–Crippen MR) is 88.9 cm³/mol. The Labute approximate surface area is 127 Å². The SMILES string of the molecule is c1ccc2cc(OCCNCC3CCCCC3)ccc2c1. The lowest BCUT2D eigenvalue weighted by Gasteiger charge is -2.21. The van der Waals surface area contributed by atoms with Crippen molar-refractivity contribution in [1.29, 1.82) is 0 Å². The maximum atomic E-state index is 5.84. The van der Waals surface area contributed by atoms with E-state index in [4.69, 9.17) is 4.74 Å². The number of fused-ring (bicyclic) bond motifs is 1. The molecule has 1 saturated carbocycles. The molecule has 3 rings (SSSR count). The molecule has 112 valence electrons. The summed E-state index contributed by atoms with van der Waals surface area (Å²) in [5, 5.41) is 6.04. The van der Waals surface area contributed by atoms with Gasteiger partial charge in [-0.1, -0.05) is 49.6 Å². The fraction of sp³-hybridized carbons (Fsp3) is 0.474. The lowest BCUT2D eigenvalue weighted by molar-refractivity contribution is 0.295. The lowest BCUT2D eigenvalue weighted by Crippen LogP contribution is -2.28. The number of hydrogen-bond donors (Lipinski definition) is 1. The van der Waals surface area contributed by atoms with Gasteiger partial charge in [-0.15, -0.1) is 0 Å². The lowest BCUT2D eigenvalue weighted by atomic mass is 9.89. The van der Waals surface area contributed by atoms with Crippen LogP contribution < -0.4 is 10.1 Å². The van der Waals surface area contributed by atoms with Crippen molar-refractivity contribution in [3.8, 4) is 5.75 Å². The number of ether oxygens (including phenoxy) is 1. The molecule has 1 aliphatic rings. The zero-order valence-electron chi connectivity index (χ0n) is 12.7. The molecular weight excluding hydrogens is 258 g/mol. The maximum absolute atomic E-state index is 5.84. The van der Waals surface area contributed by atoms with Crippen LogP contribution in [0.2, 0.25) is 0 Å². The van der Waals surface area contributed by atoms with Crippen LogP contribution in [-0.4, -0.2) is 19.7 Å². The Bertz CT molecular complexity index is 560. The second-order valence-electron chi connectivity index (χ2n) is 6.07. The van der Waals surface area contributed by atoms with Crippen molar-refractivity contribution in [2.45, 2.75) is 32.1 Å². The third kappa shape index (κ3) is 4.21. The van der Waals surface area contributed by atoms with E-state index in [9.17, 15) is 0 Å². The molecule has 2 aromatic rings. The second-order valence-corrected chi connectivity index (χ2v) is 6.07. The van der Waals surface area contributed by atoms with E-state index in [1.165, 1.54) is 42.9 Å². The number of hydrogen-bond acceptors (Lipinski definition) is 2. The zero-order valence-corrected chi connectivity index (χ0v) is 12.7. The van der Waals surface area contributed by atoms with E-state index in [0.717, 1.165) is 31.4 Å². The molecule has 0 spiro atoms. The van der Waals surface area contributed by atoms with Gasteiger partial charge in [-0.3, -0.25) is 0 Å². The summed E-state index contributed by atoms with van der Waals surface area (Å²) in [6.07, 6.45) is 7.07. The minimum absolute atomic E-state index is 0.741. The van der Waals surface area contributed by atoms with Crippen LogP contribution in [0.4, 0.5) is 0 Å². The molecule has 1 N–H and O–H groups in total. The molecule has 2 nitrogen and oxygen atoms in total. The quantitative estimate of drug-likeness (QED) is 0.794. The maximum Gasteiger partial charge on any atom is 0.120 e. The van der Waals surface area contributed by atoms with Gasteiger partial charge in [0.05, 0.1) is 0 Å². The summed E-state index contributed by atoms with van der Waals surface area (Å²) >= 11 is 0. The highest BCUT2D eigenvalue weighted by Gasteiger charge is 2.12. The van der Waals surface area contributed by atoms with Gasteiger partial charge in [-0.25, -0.2) is 0 Å². The zero-order chi connectivity index (χ0) is 14.3. The van der Waals surface area contributed by atoms with Crippen LogP contribution >= 0.6 is 0 Å². The molecule has 0 radical (unpaired) electrons. The van der Waals surface area contributed by atoms with Gasteiger partial charge in [0.15, 0.2) is 0 Å². The Hall–Kier alpha value is -1.54. The van der Waals surface area contributed by atoms with Crippen molar-refractivity contribution < 1.29 is 4.74 Å². The summed E-state index contributed by atoms with van der Waals surface area (Å²) in [5.41, 5.74) is 0. The first kappa shape index (κ1) is 14.4. The van der Waals surface area contributed by atoms with Crippen molar-refractivity contribution in [2.24, 2.45) is 5.92 Å². The molecular formula is C19H25NO. The predicted octanol–water partition coefficient (Wildman–Crippen LogP) is 4.39. The molecule has 0 saturated heterocycles. The van der Waals surface area contributed by atoms with Crippen molar-refractivity contribution >= 4 is 10.8 Å². The van der Waals surface area contributed by atoms with Gasteiger partial charge in [0.1, 0.15) is 12.4 Å². The highest BCUT2D eigenvalue weighted by atomic mass is 16.5. The first-order chi connectivity index (χ1) is 10.4. The molecule has 0 unspecified atom stereocenters. The smallest absolute Gasteiger partial charge is 0.120 e. The summed E-state index contributed by atoms with van der Waals surface area (Å²) in [5.74, 6) is 1.85. The van der Waals surface area contributed by atoms with E-state index >= 15 is 0 Å². The molecule has 2 heteroatoms. The fourth-order valence-electron chi connectivity index (χ4n) is 3.20. The van der Waals surface area contributed by atoms with Crippen LogP contribution in [0.5, 0.6) is 5.75 Å². The first-order valence-corrected chi connectivity index (χ1v) is 8.24. The summed E-state index contributed by atoms with van der Waals surface area (Å²) in [7, 11) is 0. The molecule has 21 heavy (non-hydrogen) atoms. The Morgan fingerprint density at radius 1 is 0.952 bits per heavy atom. The Balaban J connectivity index is 1.39. The van der Waals surface area contributed by atoms with Gasteiger partial charge in [0.25, 0.3) is 0 Å². The first-order valence-electron chi connectivity index (χ1n) is 8.24. The molecule has 1 fully saturated rings. The van der Waals surface area contributed by atoms with Gasteiger partial charge in [0, 0.05) is 6.54 Å². The molecule has 0 atom stereocenters. The van der Waals surface area contributed by atoms with Gasteiger partial charge in [0.2, 0.25) is 0 Å². The van der Waals surface area contributed by atoms with E-state index in [1.807, 2.05) is 0 Å². The average molecular weight is 283 g/mol. The van der Waals surface area contributed by atoms with Crippen LogP contribution in [0.1, 0.15) is 32.1 Å². The minimum atomic E-state index is 0.741. The van der Waals surface area contributed by atoms with Crippen LogP contribution in [0.15, 0.2) is 42.5 Å².